The number of benzene rings is 6. The van der Waals surface area contributed by atoms with E-state index in [2.05, 4.69) is 210 Å². The van der Waals surface area contributed by atoms with Crippen molar-refractivity contribution in [2.24, 2.45) is 0 Å². The van der Waals surface area contributed by atoms with Gasteiger partial charge in [-0.1, -0.05) is 124 Å². The first kappa shape index (κ1) is 40.6. The molecule has 6 aromatic carbocycles. The summed E-state index contributed by atoms with van der Waals surface area (Å²) in [5.41, 5.74) is 25.0. The van der Waals surface area contributed by atoms with Crippen molar-refractivity contribution in [2.75, 3.05) is 9.80 Å². The fourth-order valence-electron chi connectivity index (χ4n) is 11.1. The maximum absolute atomic E-state index is 7.52. The van der Waals surface area contributed by atoms with E-state index in [1.54, 1.807) is 0 Å². The zero-order valence-corrected chi connectivity index (χ0v) is 39.6. The van der Waals surface area contributed by atoms with Gasteiger partial charge in [-0.05, 0) is 177 Å². The van der Waals surface area contributed by atoms with Gasteiger partial charge in [0.25, 0.3) is 6.71 Å². The van der Waals surface area contributed by atoms with E-state index >= 15 is 0 Å². The molecule has 0 spiro atoms. The molecule has 0 unspecified atom stereocenters. The van der Waals surface area contributed by atoms with Gasteiger partial charge in [0.15, 0.2) is 0 Å². The van der Waals surface area contributed by atoms with Gasteiger partial charge in [-0.3, -0.25) is 0 Å². The molecule has 0 atom stereocenters. The zero-order chi connectivity index (χ0) is 44.0. The van der Waals surface area contributed by atoms with E-state index in [0.717, 1.165) is 29.8 Å². The number of nitrogens with zero attached hydrogens (tertiary/aromatic N) is 2. The Morgan fingerprint density at radius 3 is 1.79 bits per heavy atom. The van der Waals surface area contributed by atoms with E-state index in [0.29, 0.717) is 0 Å². The Hall–Kier alpha value is -5.48. The Labute approximate surface area is 371 Å². The molecule has 0 saturated carbocycles. The van der Waals surface area contributed by atoms with Crippen LogP contribution < -0.4 is 26.4 Å². The van der Waals surface area contributed by atoms with Gasteiger partial charge in [0.2, 0.25) is 0 Å². The van der Waals surface area contributed by atoms with E-state index in [-0.39, 0.29) is 28.4 Å². The smallest absolute Gasteiger partial charge is 0.297 e. The molecule has 0 fully saturated rings. The van der Waals surface area contributed by atoms with Crippen molar-refractivity contribution in [3.63, 3.8) is 0 Å². The highest BCUT2D eigenvalue weighted by atomic mass is 16.3. The Kier molecular flexibility index (Phi) is 8.85. The van der Waals surface area contributed by atoms with Crippen molar-refractivity contribution in [3.05, 3.63) is 148 Å². The number of fused-ring (bicyclic) bond motifs is 7. The average Bonchev–Trinajstić information content (AvgIpc) is 3.57. The highest BCUT2D eigenvalue weighted by Gasteiger charge is 2.48. The van der Waals surface area contributed by atoms with E-state index in [1.165, 1.54) is 100 Å². The number of hydrogen-bond donors (Lipinski definition) is 0. The van der Waals surface area contributed by atoms with Crippen LogP contribution in [-0.4, -0.2) is 6.71 Å². The molecule has 1 aliphatic carbocycles. The van der Waals surface area contributed by atoms with Gasteiger partial charge < -0.3 is 14.2 Å². The first-order valence-electron chi connectivity index (χ1n) is 22.9. The summed E-state index contributed by atoms with van der Waals surface area (Å²) >= 11 is 0. The summed E-state index contributed by atoms with van der Waals surface area (Å²) in [6.45, 7) is 32.5. The van der Waals surface area contributed by atoms with Crippen molar-refractivity contribution in [3.8, 4) is 11.1 Å². The molecule has 0 saturated heterocycles. The molecule has 3 aliphatic rings. The molecule has 2 aliphatic heterocycles. The molecular weight excluding hydrogens is 751 g/mol. The number of furan rings is 1. The van der Waals surface area contributed by atoms with Gasteiger partial charge in [-0.15, -0.1) is 0 Å². The molecule has 10 rings (SSSR count). The van der Waals surface area contributed by atoms with Gasteiger partial charge in [0, 0.05) is 33.8 Å². The number of hydrogen-bond acceptors (Lipinski definition) is 3. The van der Waals surface area contributed by atoms with Crippen LogP contribution in [0.2, 0.25) is 0 Å². The topological polar surface area (TPSA) is 19.6 Å². The molecular formula is C58H63BN2O. The highest BCUT2D eigenvalue weighted by Crippen LogP contribution is 2.52. The molecule has 4 heteroatoms. The van der Waals surface area contributed by atoms with Gasteiger partial charge in [-0.2, -0.15) is 0 Å². The number of anilines is 6. The van der Waals surface area contributed by atoms with Gasteiger partial charge in [0.05, 0.1) is 11.3 Å². The Balaban J connectivity index is 1.32. The van der Waals surface area contributed by atoms with Crippen LogP contribution in [0.25, 0.3) is 22.1 Å². The molecule has 0 N–H and O–H groups in total. The van der Waals surface area contributed by atoms with E-state index in [4.69, 9.17) is 4.42 Å². The lowest BCUT2D eigenvalue weighted by Crippen LogP contribution is -2.61. The van der Waals surface area contributed by atoms with Gasteiger partial charge >= 0.3 is 0 Å². The quantitative estimate of drug-likeness (QED) is 0.166. The maximum atomic E-state index is 7.52. The predicted molar refractivity (Wildman–Crippen MR) is 267 cm³/mol. The summed E-state index contributed by atoms with van der Waals surface area (Å²) in [6.07, 6.45) is 2.32. The molecule has 62 heavy (non-hydrogen) atoms. The van der Waals surface area contributed by atoms with Crippen LogP contribution in [0.15, 0.2) is 108 Å². The summed E-state index contributed by atoms with van der Waals surface area (Å²) in [5.74, 6) is 0. The third-order valence-electron chi connectivity index (χ3n) is 14.9. The SMILES string of the molecule is Cc1cc2c3c(c1)N(c1ccc(C(C)(C)C)cc1)c1c(oc4cc5c(cc14)C(C)(C)CCC5(C)C)B3c1cc(C(C)(C)C)ccc1N2c1cc(-c2c(C)cccc2C)ccc1C. The first-order valence-corrected chi connectivity index (χ1v) is 22.9. The second-order valence-electron chi connectivity index (χ2n) is 22.4. The molecule has 0 bridgehead atoms. The van der Waals surface area contributed by atoms with Crippen LogP contribution in [0.1, 0.15) is 127 Å². The van der Waals surface area contributed by atoms with E-state index < -0.39 is 0 Å². The highest BCUT2D eigenvalue weighted by molar-refractivity contribution is 7.00. The summed E-state index contributed by atoms with van der Waals surface area (Å²) in [4.78, 5) is 5.13. The summed E-state index contributed by atoms with van der Waals surface area (Å²) in [6, 6.07) is 40.1. The van der Waals surface area contributed by atoms with Crippen LogP contribution in [0.4, 0.5) is 34.1 Å². The normalized spacial score (nSPS) is 16.3. The standard InChI is InChI=1S/C58H63BN2O/c1-34-28-48-52-49(29-34)61(47-30-38(19-18-35(47)2)51-36(3)16-15-17-37(51)4)46-25-22-40(56(8,9)10)31-45(46)59(52)54-53(60(48)41-23-20-39(21-24-41)55(5,6)7)42-32-43-44(33-50(42)62-54)58(13,14)27-26-57(43,11)12/h15-25,28-33H,26-27H2,1-14H3. The fourth-order valence-corrected chi connectivity index (χ4v) is 11.1. The lowest BCUT2D eigenvalue weighted by atomic mass is 9.35. The number of aryl methyl sites for hydroxylation is 4. The molecule has 1 aromatic heterocycles. The average molecular weight is 815 g/mol. The van der Waals surface area contributed by atoms with Crippen molar-refractivity contribution < 1.29 is 4.42 Å². The second-order valence-corrected chi connectivity index (χ2v) is 22.4. The zero-order valence-electron chi connectivity index (χ0n) is 39.6. The summed E-state index contributed by atoms with van der Waals surface area (Å²) < 4.78 is 7.52. The first-order chi connectivity index (χ1) is 29.1. The molecule has 314 valence electrons. The molecule has 3 nitrogen and oxygen atoms in total. The Bertz CT molecular complexity index is 2960. The third-order valence-corrected chi connectivity index (χ3v) is 14.9. The Morgan fingerprint density at radius 2 is 1.16 bits per heavy atom. The lowest BCUT2D eigenvalue weighted by molar-refractivity contribution is 0.332. The third kappa shape index (κ3) is 6.14. The molecule has 3 heterocycles. The van der Waals surface area contributed by atoms with Crippen LogP contribution in [0, 0.1) is 27.7 Å². The second kappa shape index (κ2) is 13.5. The predicted octanol–water partition coefficient (Wildman–Crippen LogP) is 14.4. The van der Waals surface area contributed by atoms with Crippen molar-refractivity contribution in [1.29, 1.82) is 0 Å². The lowest BCUT2D eigenvalue weighted by Gasteiger charge is -2.43. The minimum absolute atomic E-state index is 0.0389. The summed E-state index contributed by atoms with van der Waals surface area (Å²) in [7, 11) is 0. The minimum atomic E-state index is -0.109. The van der Waals surface area contributed by atoms with Crippen molar-refractivity contribution in [1.82, 2.24) is 0 Å². The largest absolute Gasteiger partial charge is 0.468 e. The summed E-state index contributed by atoms with van der Waals surface area (Å²) in [5, 5.41) is 1.20. The van der Waals surface area contributed by atoms with Crippen molar-refractivity contribution >= 4 is 68.4 Å². The molecule has 7 aromatic rings. The number of rotatable bonds is 3. The Morgan fingerprint density at radius 1 is 0.565 bits per heavy atom. The maximum Gasteiger partial charge on any atom is 0.297 e. The van der Waals surface area contributed by atoms with Crippen LogP contribution >= 0.6 is 0 Å². The van der Waals surface area contributed by atoms with E-state index in [1.807, 2.05) is 0 Å². The van der Waals surface area contributed by atoms with Crippen LogP contribution in [0.3, 0.4) is 0 Å². The minimum Gasteiger partial charge on any atom is -0.468 e. The molecule has 0 amide bonds. The van der Waals surface area contributed by atoms with Crippen molar-refractivity contribution in [2.45, 2.75) is 131 Å². The van der Waals surface area contributed by atoms with E-state index in [9.17, 15) is 0 Å². The van der Waals surface area contributed by atoms with Gasteiger partial charge in [-0.25, -0.2) is 0 Å². The van der Waals surface area contributed by atoms with Crippen LogP contribution in [-0.2, 0) is 21.7 Å². The van der Waals surface area contributed by atoms with Gasteiger partial charge in [0.1, 0.15) is 5.58 Å². The fraction of sp³-hybridized carbons (Fsp3) is 0.345. The van der Waals surface area contributed by atoms with Crippen LogP contribution in [0.5, 0.6) is 0 Å². The molecule has 0 radical (unpaired) electrons. The monoisotopic (exact) mass is 815 g/mol.